The lowest BCUT2D eigenvalue weighted by Gasteiger charge is -2.10. The van der Waals surface area contributed by atoms with Gasteiger partial charge in [0, 0.05) is 6.42 Å². The molecule has 0 fully saturated rings. The van der Waals surface area contributed by atoms with E-state index < -0.39 is 0 Å². The van der Waals surface area contributed by atoms with Gasteiger partial charge in [-0.25, -0.2) is 0 Å². The maximum Gasteiger partial charge on any atom is 0.220 e. The second-order valence-electron chi connectivity index (χ2n) is 3.96. The molecule has 2 heteroatoms. The number of hydrogen-bond donors (Lipinski definition) is 1. The Morgan fingerprint density at radius 3 is 2.57 bits per heavy atom. The zero-order valence-electron chi connectivity index (χ0n) is 9.81. The van der Waals surface area contributed by atoms with Crippen LogP contribution in [0.5, 0.6) is 0 Å². The minimum Gasteiger partial charge on any atom is -0.351 e. The van der Waals surface area contributed by atoms with Crippen molar-refractivity contribution in [3.8, 4) is 0 Å². The van der Waals surface area contributed by atoms with Crippen molar-refractivity contribution >= 4 is 5.91 Å². The van der Waals surface area contributed by atoms with Gasteiger partial charge in [-0.3, -0.25) is 4.79 Å². The van der Waals surface area contributed by atoms with Crippen LogP contribution in [0, 0.1) is 12.5 Å². The van der Waals surface area contributed by atoms with Gasteiger partial charge in [-0.1, -0.05) is 40.0 Å². The van der Waals surface area contributed by atoms with E-state index in [0.717, 1.165) is 19.3 Å². The smallest absolute Gasteiger partial charge is 0.220 e. The van der Waals surface area contributed by atoms with Crippen LogP contribution in [-0.2, 0) is 4.79 Å². The highest BCUT2D eigenvalue weighted by Crippen LogP contribution is 2.06. The second-order valence-corrected chi connectivity index (χ2v) is 3.96. The molecule has 14 heavy (non-hydrogen) atoms. The van der Waals surface area contributed by atoms with Gasteiger partial charge in [0.1, 0.15) is 0 Å². The molecular formula is C12H24NO. The Morgan fingerprint density at radius 2 is 2.00 bits per heavy atom. The second kappa shape index (κ2) is 9.04. The Kier molecular flexibility index (Phi) is 8.70. The quantitative estimate of drug-likeness (QED) is 0.596. The van der Waals surface area contributed by atoms with Crippen molar-refractivity contribution in [2.24, 2.45) is 5.92 Å². The Balaban J connectivity index is 3.34. The molecule has 0 rings (SSSR count). The first kappa shape index (κ1) is 13.5. The largest absolute Gasteiger partial charge is 0.351 e. The lowest BCUT2D eigenvalue weighted by atomic mass is 10.1. The van der Waals surface area contributed by atoms with Crippen LogP contribution in [-0.4, -0.2) is 5.91 Å². The number of carbonyl (C=O) groups excluding carboxylic acids is 1. The van der Waals surface area contributed by atoms with Crippen LogP contribution in [0.15, 0.2) is 0 Å². The van der Waals surface area contributed by atoms with Gasteiger partial charge in [0.2, 0.25) is 5.91 Å². The minimum absolute atomic E-state index is 0.168. The number of carbonyl (C=O) groups is 1. The van der Waals surface area contributed by atoms with Crippen LogP contribution >= 0.6 is 0 Å². The summed E-state index contributed by atoms with van der Waals surface area (Å²) in [5.74, 6) is 0.663. The third-order valence-corrected chi connectivity index (χ3v) is 2.28. The van der Waals surface area contributed by atoms with E-state index in [4.69, 9.17) is 0 Å². The summed E-state index contributed by atoms with van der Waals surface area (Å²) in [5.41, 5.74) is 0. The van der Waals surface area contributed by atoms with E-state index in [9.17, 15) is 4.79 Å². The van der Waals surface area contributed by atoms with Crippen molar-refractivity contribution in [1.82, 2.24) is 5.32 Å². The third-order valence-electron chi connectivity index (χ3n) is 2.28. The Hall–Kier alpha value is -0.530. The first-order valence-corrected chi connectivity index (χ1v) is 5.83. The molecular weight excluding hydrogens is 174 g/mol. The van der Waals surface area contributed by atoms with Gasteiger partial charge in [0.25, 0.3) is 0 Å². The molecule has 1 radical (unpaired) electrons. The van der Waals surface area contributed by atoms with Crippen LogP contribution in [0.1, 0.15) is 59.3 Å². The normalized spacial score (nSPS) is 12.5. The molecule has 1 amide bonds. The maximum absolute atomic E-state index is 11.3. The van der Waals surface area contributed by atoms with Crippen molar-refractivity contribution in [1.29, 1.82) is 0 Å². The van der Waals surface area contributed by atoms with Crippen molar-refractivity contribution in [3.63, 3.8) is 0 Å². The highest BCUT2D eigenvalue weighted by atomic mass is 16.1. The van der Waals surface area contributed by atoms with Crippen molar-refractivity contribution in [3.05, 3.63) is 6.54 Å². The summed E-state index contributed by atoms with van der Waals surface area (Å²) in [6.45, 7) is 8.37. The van der Waals surface area contributed by atoms with E-state index in [1.54, 1.807) is 0 Å². The van der Waals surface area contributed by atoms with E-state index in [0.29, 0.717) is 12.3 Å². The van der Waals surface area contributed by atoms with Gasteiger partial charge in [0.15, 0.2) is 0 Å². The van der Waals surface area contributed by atoms with Crippen LogP contribution in [0.2, 0.25) is 0 Å². The van der Waals surface area contributed by atoms with Gasteiger partial charge in [-0.2, -0.15) is 0 Å². The summed E-state index contributed by atoms with van der Waals surface area (Å²) in [7, 11) is 0. The standard InChI is InChI=1S/C12H24NO/c1-4-6-7-9-12(14)13-10-11(3)8-5-2/h10-11H,4-9H2,1-3H3,(H,13,14). The molecule has 2 nitrogen and oxygen atoms in total. The van der Waals surface area contributed by atoms with Crippen molar-refractivity contribution in [2.45, 2.75) is 59.3 Å². The maximum atomic E-state index is 11.3. The first-order valence-electron chi connectivity index (χ1n) is 5.83. The highest BCUT2D eigenvalue weighted by Gasteiger charge is 2.04. The number of rotatable bonds is 8. The minimum atomic E-state index is 0.168. The molecule has 0 saturated carbocycles. The molecule has 0 bridgehead atoms. The Morgan fingerprint density at radius 1 is 1.29 bits per heavy atom. The fourth-order valence-corrected chi connectivity index (χ4v) is 1.38. The number of amides is 1. The fraction of sp³-hybridized carbons (Fsp3) is 0.833. The third kappa shape index (κ3) is 8.09. The van der Waals surface area contributed by atoms with Gasteiger partial charge in [0.05, 0.1) is 6.54 Å². The van der Waals surface area contributed by atoms with E-state index in [-0.39, 0.29) is 5.91 Å². The molecule has 1 atom stereocenters. The monoisotopic (exact) mass is 198 g/mol. The van der Waals surface area contributed by atoms with Gasteiger partial charge >= 0.3 is 0 Å². The summed E-state index contributed by atoms with van der Waals surface area (Å²) in [4.78, 5) is 11.3. The number of hydrogen-bond acceptors (Lipinski definition) is 1. The highest BCUT2D eigenvalue weighted by molar-refractivity contribution is 5.76. The van der Waals surface area contributed by atoms with E-state index in [1.165, 1.54) is 12.8 Å². The van der Waals surface area contributed by atoms with Gasteiger partial charge < -0.3 is 5.32 Å². The summed E-state index contributed by atoms with van der Waals surface area (Å²) >= 11 is 0. The molecule has 83 valence electrons. The Bertz CT molecular complexity index is 145. The summed E-state index contributed by atoms with van der Waals surface area (Å²) in [6.07, 6.45) is 6.32. The van der Waals surface area contributed by atoms with Gasteiger partial charge in [-0.15, -0.1) is 0 Å². The van der Waals surface area contributed by atoms with E-state index >= 15 is 0 Å². The number of unbranched alkanes of at least 4 members (excludes halogenated alkanes) is 2. The molecule has 0 aromatic heterocycles. The number of nitrogens with one attached hydrogen (secondary N) is 1. The van der Waals surface area contributed by atoms with Crippen molar-refractivity contribution < 1.29 is 4.79 Å². The Labute approximate surface area is 88.5 Å². The average Bonchev–Trinajstić information content (AvgIpc) is 2.16. The topological polar surface area (TPSA) is 29.1 Å². The summed E-state index contributed by atoms with van der Waals surface area (Å²) in [6, 6.07) is 0. The first-order chi connectivity index (χ1) is 6.70. The van der Waals surface area contributed by atoms with Crippen LogP contribution in [0.3, 0.4) is 0 Å². The average molecular weight is 198 g/mol. The molecule has 1 N–H and O–H groups in total. The van der Waals surface area contributed by atoms with Crippen molar-refractivity contribution in [2.75, 3.05) is 0 Å². The molecule has 0 aliphatic rings. The fourth-order valence-electron chi connectivity index (χ4n) is 1.38. The summed E-state index contributed by atoms with van der Waals surface area (Å²) < 4.78 is 0. The molecule has 0 saturated heterocycles. The summed E-state index contributed by atoms with van der Waals surface area (Å²) in [5, 5.41) is 2.86. The van der Waals surface area contributed by atoms with E-state index in [2.05, 4.69) is 26.1 Å². The molecule has 1 unspecified atom stereocenters. The van der Waals surface area contributed by atoms with E-state index in [1.807, 2.05) is 6.54 Å². The SMILES string of the molecule is CCCCCC(=O)N[CH]C(C)CCC. The molecule has 0 aliphatic carbocycles. The molecule has 0 aromatic carbocycles. The zero-order chi connectivity index (χ0) is 10.8. The predicted octanol–water partition coefficient (Wildman–Crippen LogP) is 3.28. The molecule has 0 spiro atoms. The lowest BCUT2D eigenvalue weighted by molar-refractivity contribution is -0.120. The van der Waals surface area contributed by atoms with Crippen LogP contribution < -0.4 is 5.32 Å². The molecule has 0 heterocycles. The zero-order valence-corrected chi connectivity index (χ0v) is 9.81. The molecule has 0 aromatic rings. The predicted molar refractivity (Wildman–Crippen MR) is 60.7 cm³/mol. The van der Waals surface area contributed by atoms with Gasteiger partial charge in [-0.05, 0) is 18.8 Å². The lowest BCUT2D eigenvalue weighted by Crippen LogP contribution is -2.23. The van der Waals surface area contributed by atoms with Crippen LogP contribution in [0.4, 0.5) is 0 Å². The molecule has 0 aliphatic heterocycles. The van der Waals surface area contributed by atoms with Crippen LogP contribution in [0.25, 0.3) is 0 Å².